The van der Waals surface area contributed by atoms with Crippen molar-refractivity contribution in [2.45, 2.75) is 12.5 Å². The smallest absolute Gasteiger partial charge is 0.264 e. The highest BCUT2D eigenvalue weighted by atomic mass is 35.5. The minimum Gasteiger partial charge on any atom is -0.480 e. The number of hydrogen-bond acceptors (Lipinski definition) is 4. The molecule has 1 N–H and O–H groups in total. The second-order valence-corrected chi connectivity index (χ2v) is 6.69. The topological polar surface area (TPSA) is 61.9 Å². The lowest BCUT2D eigenvalue weighted by atomic mass is 10.1. The summed E-state index contributed by atoms with van der Waals surface area (Å²) >= 11 is 5.99. The maximum Gasteiger partial charge on any atom is 0.264 e. The summed E-state index contributed by atoms with van der Waals surface area (Å²) < 4.78 is 5.78. The largest absolute Gasteiger partial charge is 0.480 e. The molecule has 2 aliphatic heterocycles. The second-order valence-electron chi connectivity index (χ2n) is 6.26. The van der Waals surface area contributed by atoms with Crippen molar-refractivity contribution in [1.29, 1.82) is 0 Å². The van der Waals surface area contributed by atoms with Crippen LogP contribution in [-0.2, 0) is 16.0 Å². The van der Waals surface area contributed by atoms with Crippen molar-refractivity contribution in [2.75, 3.05) is 39.3 Å². The lowest BCUT2D eigenvalue weighted by Crippen LogP contribution is -2.53. The molecular weight excluding hydrogens is 342 g/mol. The molecule has 0 bridgehead atoms. The van der Waals surface area contributed by atoms with E-state index < -0.39 is 6.10 Å². The minimum absolute atomic E-state index is 0.00285. The molecule has 1 saturated heterocycles. The van der Waals surface area contributed by atoms with Gasteiger partial charge >= 0.3 is 0 Å². The lowest BCUT2D eigenvalue weighted by molar-refractivity contribution is -0.139. The van der Waals surface area contributed by atoms with E-state index in [2.05, 4.69) is 11.9 Å². The van der Waals surface area contributed by atoms with Gasteiger partial charge in [-0.2, -0.15) is 0 Å². The summed E-state index contributed by atoms with van der Waals surface area (Å²) in [6.07, 6.45) is 1.73. The lowest BCUT2D eigenvalue weighted by Gasteiger charge is -2.35. The first-order chi connectivity index (χ1) is 12.1. The monoisotopic (exact) mass is 363 g/mol. The van der Waals surface area contributed by atoms with E-state index in [0.717, 1.165) is 11.3 Å². The zero-order chi connectivity index (χ0) is 17.8. The van der Waals surface area contributed by atoms with E-state index >= 15 is 0 Å². The number of nitrogens with zero attached hydrogens (tertiary/aromatic N) is 2. The summed E-state index contributed by atoms with van der Waals surface area (Å²) in [5.41, 5.74) is 0.975. The molecule has 25 heavy (non-hydrogen) atoms. The fourth-order valence-electron chi connectivity index (χ4n) is 3.13. The van der Waals surface area contributed by atoms with Crippen LogP contribution < -0.4 is 10.1 Å². The molecule has 3 rings (SSSR count). The molecule has 2 amide bonds. The maximum absolute atomic E-state index is 12.7. The van der Waals surface area contributed by atoms with Crippen LogP contribution in [0.3, 0.4) is 0 Å². The van der Waals surface area contributed by atoms with Crippen molar-refractivity contribution in [2.24, 2.45) is 0 Å². The fraction of sp³-hybridized carbons (Fsp3) is 0.444. The third kappa shape index (κ3) is 4.32. The highest BCUT2D eigenvalue weighted by molar-refractivity contribution is 6.30. The Bertz CT molecular complexity index is 672. The van der Waals surface area contributed by atoms with Gasteiger partial charge in [-0.15, -0.1) is 6.58 Å². The third-order valence-corrected chi connectivity index (χ3v) is 4.70. The molecule has 0 radical (unpaired) electrons. The van der Waals surface area contributed by atoms with Crippen LogP contribution in [0.1, 0.15) is 5.56 Å². The predicted octanol–water partition coefficient (Wildman–Crippen LogP) is 1.09. The van der Waals surface area contributed by atoms with E-state index in [9.17, 15) is 9.59 Å². The van der Waals surface area contributed by atoms with Crippen LogP contribution in [0, 0.1) is 0 Å². The number of amides is 2. The summed E-state index contributed by atoms with van der Waals surface area (Å²) in [5.74, 6) is 0.717. The number of benzene rings is 1. The molecule has 0 spiro atoms. The van der Waals surface area contributed by atoms with Gasteiger partial charge in [-0.3, -0.25) is 14.5 Å². The van der Waals surface area contributed by atoms with Gasteiger partial charge in [0.2, 0.25) is 5.91 Å². The number of ether oxygens (including phenoxy) is 1. The van der Waals surface area contributed by atoms with Crippen LogP contribution in [0.2, 0.25) is 5.02 Å². The molecule has 0 aromatic heterocycles. The highest BCUT2D eigenvalue weighted by Gasteiger charge is 2.34. The summed E-state index contributed by atoms with van der Waals surface area (Å²) in [4.78, 5) is 28.3. The van der Waals surface area contributed by atoms with E-state index in [1.807, 2.05) is 21.9 Å². The van der Waals surface area contributed by atoms with Crippen molar-refractivity contribution < 1.29 is 14.3 Å². The highest BCUT2D eigenvalue weighted by Crippen LogP contribution is 2.31. The Hall–Kier alpha value is -2.05. The molecule has 0 aliphatic carbocycles. The zero-order valence-corrected chi connectivity index (χ0v) is 14.8. The predicted molar refractivity (Wildman–Crippen MR) is 95.8 cm³/mol. The number of carbonyl (C=O) groups is 2. The average molecular weight is 364 g/mol. The van der Waals surface area contributed by atoms with Gasteiger partial charge in [0.05, 0.1) is 6.54 Å². The van der Waals surface area contributed by atoms with Crippen LogP contribution >= 0.6 is 11.6 Å². The Labute approximate surface area is 152 Å². The molecule has 1 aromatic rings. The van der Waals surface area contributed by atoms with Crippen molar-refractivity contribution in [3.8, 4) is 5.75 Å². The summed E-state index contributed by atoms with van der Waals surface area (Å²) in [6, 6.07) is 5.43. The van der Waals surface area contributed by atoms with E-state index in [0.29, 0.717) is 50.7 Å². The SMILES string of the molecule is C=CCNC(=O)CN1CCN(C(=O)[C@H]2Cc3cc(Cl)ccc3O2)CC1. The summed E-state index contributed by atoms with van der Waals surface area (Å²) in [7, 11) is 0. The average Bonchev–Trinajstić information content (AvgIpc) is 3.03. The Morgan fingerprint density at radius 3 is 2.80 bits per heavy atom. The first-order valence-corrected chi connectivity index (χ1v) is 8.78. The molecule has 6 nitrogen and oxygen atoms in total. The first-order valence-electron chi connectivity index (χ1n) is 8.40. The Morgan fingerprint density at radius 1 is 1.32 bits per heavy atom. The number of piperazine rings is 1. The second kappa shape index (κ2) is 7.89. The van der Waals surface area contributed by atoms with Crippen molar-refractivity contribution in [1.82, 2.24) is 15.1 Å². The van der Waals surface area contributed by atoms with Gasteiger partial charge < -0.3 is 15.0 Å². The zero-order valence-electron chi connectivity index (χ0n) is 14.0. The van der Waals surface area contributed by atoms with Gasteiger partial charge in [0.25, 0.3) is 5.91 Å². The van der Waals surface area contributed by atoms with Crippen molar-refractivity contribution in [3.63, 3.8) is 0 Å². The molecule has 1 atom stereocenters. The normalized spacial score (nSPS) is 19.9. The van der Waals surface area contributed by atoms with Gasteiger partial charge in [-0.05, 0) is 23.8 Å². The molecule has 1 aromatic carbocycles. The third-order valence-electron chi connectivity index (χ3n) is 4.47. The van der Waals surface area contributed by atoms with Crippen molar-refractivity contribution in [3.05, 3.63) is 41.4 Å². The van der Waals surface area contributed by atoms with E-state index in [-0.39, 0.29) is 11.8 Å². The van der Waals surface area contributed by atoms with E-state index in [4.69, 9.17) is 16.3 Å². The first kappa shape index (κ1) is 17.8. The molecule has 7 heteroatoms. The van der Waals surface area contributed by atoms with Crippen LogP contribution in [0.25, 0.3) is 0 Å². The molecule has 0 unspecified atom stereocenters. The maximum atomic E-state index is 12.7. The molecule has 2 heterocycles. The number of rotatable bonds is 5. The molecule has 134 valence electrons. The summed E-state index contributed by atoms with van der Waals surface area (Å²) in [6.45, 7) is 6.96. The number of carbonyl (C=O) groups excluding carboxylic acids is 2. The minimum atomic E-state index is -0.476. The standard InChI is InChI=1S/C18H22ClN3O3/c1-2-5-20-17(23)12-21-6-8-22(9-7-21)18(24)16-11-13-10-14(19)3-4-15(13)25-16/h2-4,10,16H,1,5-9,11-12H2,(H,20,23)/t16-/m1/s1. The van der Waals surface area contributed by atoms with Crippen LogP contribution in [0.15, 0.2) is 30.9 Å². The van der Waals surface area contributed by atoms with Gasteiger partial charge in [0.1, 0.15) is 5.75 Å². The number of nitrogens with one attached hydrogen (secondary N) is 1. The van der Waals surface area contributed by atoms with Gasteiger partial charge in [0.15, 0.2) is 6.10 Å². The molecular formula is C18H22ClN3O3. The van der Waals surface area contributed by atoms with Crippen LogP contribution in [-0.4, -0.2) is 67.0 Å². The van der Waals surface area contributed by atoms with Crippen molar-refractivity contribution >= 4 is 23.4 Å². The Balaban J connectivity index is 1.48. The van der Waals surface area contributed by atoms with E-state index in [1.165, 1.54) is 0 Å². The number of fused-ring (bicyclic) bond motifs is 1. The molecule has 2 aliphatic rings. The summed E-state index contributed by atoms with van der Waals surface area (Å²) in [5, 5.41) is 3.41. The quantitative estimate of drug-likeness (QED) is 0.795. The molecule has 1 fully saturated rings. The van der Waals surface area contributed by atoms with Crippen LogP contribution in [0.4, 0.5) is 0 Å². The van der Waals surface area contributed by atoms with E-state index in [1.54, 1.807) is 12.1 Å². The van der Waals surface area contributed by atoms with Gasteiger partial charge in [-0.25, -0.2) is 0 Å². The Morgan fingerprint density at radius 2 is 2.08 bits per heavy atom. The fourth-order valence-corrected chi connectivity index (χ4v) is 3.32. The Kier molecular flexibility index (Phi) is 5.60. The van der Waals surface area contributed by atoms with Gasteiger partial charge in [-0.1, -0.05) is 17.7 Å². The van der Waals surface area contributed by atoms with Crippen LogP contribution in [0.5, 0.6) is 5.75 Å². The van der Waals surface area contributed by atoms with Gasteiger partial charge in [0, 0.05) is 44.2 Å². The molecule has 0 saturated carbocycles. The number of hydrogen-bond donors (Lipinski definition) is 1. The number of halogens is 1.